The second-order valence-electron chi connectivity index (χ2n) is 6.11. The quantitative estimate of drug-likeness (QED) is 0.780. The highest BCUT2D eigenvalue weighted by molar-refractivity contribution is 4.81. The monoisotopic (exact) mass is 225 g/mol. The zero-order chi connectivity index (χ0) is 11.5. The van der Waals surface area contributed by atoms with Crippen molar-refractivity contribution in [1.29, 1.82) is 0 Å². The van der Waals surface area contributed by atoms with Crippen molar-refractivity contribution < 1.29 is 5.11 Å². The fourth-order valence-electron chi connectivity index (χ4n) is 3.25. The van der Waals surface area contributed by atoms with Crippen molar-refractivity contribution in [3.05, 3.63) is 0 Å². The zero-order valence-electron chi connectivity index (χ0n) is 10.9. The van der Waals surface area contributed by atoms with Gasteiger partial charge in [-0.25, -0.2) is 0 Å². The molecule has 0 bridgehead atoms. The summed E-state index contributed by atoms with van der Waals surface area (Å²) in [5, 5.41) is 9.99. The number of hydrogen-bond acceptors (Lipinski definition) is 2. The van der Waals surface area contributed by atoms with Gasteiger partial charge in [-0.05, 0) is 43.6 Å². The molecule has 0 amide bonds. The predicted molar refractivity (Wildman–Crippen MR) is 67.3 cm³/mol. The lowest BCUT2D eigenvalue weighted by molar-refractivity contribution is 0.0309. The third-order valence-electron chi connectivity index (χ3n) is 4.78. The number of nitrogens with zero attached hydrogens (tertiary/aromatic N) is 1. The van der Waals surface area contributed by atoms with Crippen molar-refractivity contribution in [2.45, 2.75) is 52.1 Å². The van der Waals surface area contributed by atoms with Crippen LogP contribution in [0.2, 0.25) is 0 Å². The van der Waals surface area contributed by atoms with Crippen LogP contribution in [0.3, 0.4) is 0 Å². The van der Waals surface area contributed by atoms with E-state index in [2.05, 4.69) is 18.7 Å². The molecule has 0 aromatic carbocycles. The molecule has 0 aromatic rings. The molecule has 1 heterocycles. The molecule has 4 atom stereocenters. The summed E-state index contributed by atoms with van der Waals surface area (Å²) in [6.45, 7) is 8.36. The summed E-state index contributed by atoms with van der Waals surface area (Å²) in [4.78, 5) is 2.59. The van der Waals surface area contributed by atoms with E-state index < -0.39 is 0 Å². The molecule has 16 heavy (non-hydrogen) atoms. The van der Waals surface area contributed by atoms with Gasteiger partial charge in [-0.15, -0.1) is 0 Å². The number of aliphatic hydroxyl groups is 1. The molecule has 1 aliphatic heterocycles. The van der Waals surface area contributed by atoms with Gasteiger partial charge in [0.25, 0.3) is 0 Å². The van der Waals surface area contributed by atoms with Gasteiger partial charge in [0, 0.05) is 13.1 Å². The smallest absolute Gasteiger partial charge is 0.0580 e. The maximum atomic E-state index is 9.99. The van der Waals surface area contributed by atoms with Crippen molar-refractivity contribution >= 4 is 0 Å². The summed E-state index contributed by atoms with van der Waals surface area (Å²) in [6.07, 6.45) is 6.13. The summed E-state index contributed by atoms with van der Waals surface area (Å²) in [5.74, 6) is 2.26. The van der Waals surface area contributed by atoms with Crippen LogP contribution in [-0.2, 0) is 0 Å². The molecule has 2 rings (SSSR count). The predicted octanol–water partition coefficient (Wildman–Crippen LogP) is 2.52. The Bertz CT molecular complexity index is 219. The fraction of sp³-hybridized carbons (Fsp3) is 1.00. The second-order valence-corrected chi connectivity index (χ2v) is 6.11. The largest absolute Gasteiger partial charge is 0.393 e. The highest BCUT2D eigenvalue weighted by Gasteiger charge is 2.28. The van der Waals surface area contributed by atoms with Gasteiger partial charge < -0.3 is 10.0 Å². The lowest BCUT2D eigenvalue weighted by atomic mass is 9.84. The van der Waals surface area contributed by atoms with E-state index >= 15 is 0 Å². The summed E-state index contributed by atoms with van der Waals surface area (Å²) in [7, 11) is 0. The van der Waals surface area contributed by atoms with Crippen molar-refractivity contribution in [3.63, 3.8) is 0 Å². The van der Waals surface area contributed by atoms with Crippen LogP contribution in [0, 0.1) is 17.8 Å². The molecule has 4 unspecified atom stereocenters. The molecular formula is C14H27NO. The first-order chi connectivity index (χ1) is 7.66. The maximum Gasteiger partial charge on any atom is 0.0580 e. The molecule has 1 N–H and O–H groups in total. The van der Waals surface area contributed by atoms with E-state index in [0.717, 1.165) is 24.8 Å². The molecule has 2 fully saturated rings. The Labute approximate surface area is 100 Å². The number of rotatable bonds is 2. The van der Waals surface area contributed by atoms with Crippen LogP contribution in [0.5, 0.6) is 0 Å². The van der Waals surface area contributed by atoms with Crippen LogP contribution >= 0.6 is 0 Å². The van der Waals surface area contributed by atoms with E-state index in [1.54, 1.807) is 0 Å². The van der Waals surface area contributed by atoms with Crippen molar-refractivity contribution in [2.24, 2.45) is 17.8 Å². The first-order valence-corrected chi connectivity index (χ1v) is 7.07. The number of aliphatic hydroxyl groups excluding tert-OH is 1. The minimum atomic E-state index is -0.0246. The molecule has 0 aromatic heterocycles. The molecule has 2 aliphatic rings. The van der Waals surface area contributed by atoms with E-state index in [1.807, 2.05) is 0 Å². The van der Waals surface area contributed by atoms with Crippen LogP contribution in [-0.4, -0.2) is 35.7 Å². The first kappa shape index (κ1) is 12.4. The Kier molecular flexibility index (Phi) is 4.26. The maximum absolute atomic E-state index is 9.99. The Balaban J connectivity index is 1.80. The van der Waals surface area contributed by atoms with Gasteiger partial charge in [0.05, 0.1) is 6.10 Å². The summed E-state index contributed by atoms with van der Waals surface area (Å²) >= 11 is 0. The Morgan fingerprint density at radius 1 is 1.06 bits per heavy atom. The highest BCUT2D eigenvalue weighted by atomic mass is 16.3. The van der Waals surface area contributed by atoms with Gasteiger partial charge in [-0.1, -0.05) is 26.7 Å². The van der Waals surface area contributed by atoms with Crippen molar-refractivity contribution in [1.82, 2.24) is 4.90 Å². The normalized spacial score (nSPS) is 42.2. The molecular weight excluding hydrogens is 198 g/mol. The van der Waals surface area contributed by atoms with Crippen molar-refractivity contribution in [3.8, 4) is 0 Å². The van der Waals surface area contributed by atoms with Gasteiger partial charge in [0.2, 0.25) is 0 Å². The van der Waals surface area contributed by atoms with E-state index in [0.29, 0.717) is 5.92 Å². The molecule has 2 nitrogen and oxygen atoms in total. The SMILES string of the molecule is CC1CCN(CC2CCCCC2O)CC1C. The lowest BCUT2D eigenvalue weighted by Gasteiger charge is -2.39. The summed E-state index contributed by atoms with van der Waals surface area (Å²) < 4.78 is 0. The average molecular weight is 225 g/mol. The Hall–Kier alpha value is -0.0800. The molecule has 1 saturated heterocycles. The highest BCUT2D eigenvalue weighted by Crippen LogP contribution is 2.28. The molecule has 2 heteroatoms. The third kappa shape index (κ3) is 2.98. The van der Waals surface area contributed by atoms with Gasteiger partial charge in [0.1, 0.15) is 0 Å². The van der Waals surface area contributed by atoms with Crippen LogP contribution in [0.4, 0.5) is 0 Å². The van der Waals surface area contributed by atoms with Crippen LogP contribution in [0.1, 0.15) is 46.0 Å². The standard InChI is InChI=1S/C14H27NO/c1-11-7-8-15(9-12(11)2)10-13-5-3-4-6-14(13)16/h11-14,16H,3-10H2,1-2H3. The lowest BCUT2D eigenvalue weighted by Crippen LogP contribution is -2.43. The van der Waals surface area contributed by atoms with Gasteiger partial charge in [-0.2, -0.15) is 0 Å². The van der Waals surface area contributed by atoms with Gasteiger partial charge >= 0.3 is 0 Å². The van der Waals surface area contributed by atoms with Crippen LogP contribution < -0.4 is 0 Å². The Morgan fingerprint density at radius 3 is 2.50 bits per heavy atom. The molecule has 1 aliphatic carbocycles. The third-order valence-corrected chi connectivity index (χ3v) is 4.78. The number of hydrogen-bond donors (Lipinski definition) is 1. The molecule has 0 radical (unpaired) electrons. The minimum Gasteiger partial charge on any atom is -0.393 e. The fourth-order valence-corrected chi connectivity index (χ4v) is 3.25. The second kappa shape index (κ2) is 5.50. The Morgan fingerprint density at radius 2 is 1.81 bits per heavy atom. The van der Waals surface area contributed by atoms with E-state index in [-0.39, 0.29) is 6.10 Å². The van der Waals surface area contributed by atoms with E-state index in [4.69, 9.17) is 0 Å². The number of likely N-dealkylation sites (tertiary alicyclic amines) is 1. The number of piperidine rings is 1. The van der Waals surface area contributed by atoms with Crippen LogP contribution in [0.15, 0.2) is 0 Å². The topological polar surface area (TPSA) is 23.5 Å². The van der Waals surface area contributed by atoms with Gasteiger partial charge in [-0.3, -0.25) is 0 Å². The molecule has 94 valence electrons. The first-order valence-electron chi connectivity index (χ1n) is 7.07. The summed E-state index contributed by atoms with van der Waals surface area (Å²) in [6, 6.07) is 0. The zero-order valence-corrected chi connectivity index (χ0v) is 10.9. The average Bonchev–Trinajstić information content (AvgIpc) is 2.27. The summed E-state index contributed by atoms with van der Waals surface area (Å²) in [5.41, 5.74) is 0. The van der Waals surface area contributed by atoms with E-state index in [9.17, 15) is 5.11 Å². The van der Waals surface area contributed by atoms with Gasteiger partial charge in [0.15, 0.2) is 0 Å². The molecule has 0 spiro atoms. The van der Waals surface area contributed by atoms with Crippen molar-refractivity contribution in [2.75, 3.05) is 19.6 Å². The van der Waals surface area contributed by atoms with Crippen LogP contribution in [0.25, 0.3) is 0 Å². The minimum absolute atomic E-state index is 0.0246. The molecule has 1 saturated carbocycles. The van der Waals surface area contributed by atoms with E-state index in [1.165, 1.54) is 38.8 Å².